The van der Waals surface area contributed by atoms with Crippen LogP contribution in [0.2, 0.25) is 0 Å². The summed E-state index contributed by atoms with van der Waals surface area (Å²) in [5.41, 5.74) is 1.48. The third kappa shape index (κ3) is 2.48. The number of hydrogen-bond acceptors (Lipinski definition) is 0. The molecule has 1 aliphatic rings. The Hall–Kier alpha value is -0.780. The molecule has 0 aromatic heterocycles. The maximum absolute atomic E-state index is 2.39. The van der Waals surface area contributed by atoms with Gasteiger partial charge in [-0.1, -0.05) is 57.5 Å². The van der Waals surface area contributed by atoms with Gasteiger partial charge in [0.05, 0.1) is 0 Å². The van der Waals surface area contributed by atoms with E-state index in [1.807, 2.05) is 0 Å². The molecule has 1 radical (unpaired) electrons. The first-order valence-electron chi connectivity index (χ1n) is 6.59. The van der Waals surface area contributed by atoms with Crippen LogP contribution in [0.1, 0.15) is 45.6 Å². The smallest absolute Gasteiger partial charge is 0.00858 e. The van der Waals surface area contributed by atoms with Gasteiger partial charge in [0.15, 0.2) is 0 Å². The fourth-order valence-corrected chi connectivity index (χ4v) is 2.99. The predicted molar refractivity (Wildman–Crippen MR) is 70.1 cm³/mol. The van der Waals surface area contributed by atoms with E-state index in [0.717, 1.165) is 17.8 Å². The van der Waals surface area contributed by atoms with Crippen LogP contribution in [-0.2, 0) is 0 Å². The van der Waals surface area contributed by atoms with Crippen LogP contribution in [0.4, 0.5) is 0 Å². The first-order valence-corrected chi connectivity index (χ1v) is 6.59. The van der Waals surface area contributed by atoms with Gasteiger partial charge >= 0.3 is 0 Å². The zero-order valence-corrected chi connectivity index (χ0v) is 10.7. The predicted octanol–water partition coefficient (Wildman–Crippen LogP) is 4.70. The highest BCUT2D eigenvalue weighted by Crippen LogP contribution is 2.42. The lowest BCUT2D eigenvalue weighted by atomic mass is 9.68. The maximum atomic E-state index is 2.39. The zero-order valence-electron chi connectivity index (χ0n) is 10.7. The third-order valence-electron chi connectivity index (χ3n) is 3.94. The van der Waals surface area contributed by atoms with Gasteiger partial charge in [-0.15, -0.1) is 0 Å². The molecule has 2 atom stereocenters. The Labute approximate surface area is 100 Å². The van der Waals surface area contributed by atoms with E-state index in [0.29, 0.717) is 0 Å². The van der Waals surface area contributed by atoms with Gasteiger partial charge in [-0.05, 0) is 36.2 Å². The highest BCUT2D eigenvalue weighted by molar-refractivity contribution is 5.33. The monoisotopic (exact) mass is 215 g/mol. The second-order valence-corrected chi connectivity index (χ2v) is 5.63. The van der Waals surface area contributed by atoms with Crippen LogP contribution < -0.4 is 0 Å². The zero-order chi connectivity index (χ0) is 11.5. The molecule has 2 unspecified atom stereocenters. The van der Waals surface area contributed by atoms with Crippen LogP contribution >= 0.6 is 0 Å². The second kappa shape index (κ2) is 5.03. The molecule has 1 aromatic rings. The van der Waals surface area contributed by atoms with E-state index in [-0.39, 0.29) is 0 Å². The van der Waals surface area contributed by atoms with Gasteiger partial charge in [0, 0.05) is 5.92 Å². The van der Waals surface area contributed by atoms with Crippen molar-refractivity contribution < 1.29 is 0 Å². The minimum absolute atomic E-state index is 0.780. The van der Waals surface area contributed by atoms with Crippen LogP contribution in [0.15, 0.2) is 30.3 Å². The van der Waals surface area contributed by atoms with Gasteiger partial charge in [-0.3, -0.25) is 0 Å². The molecule has 0 heteroatoms. The van der Waals surface area contributed by atoms with Crippen LogP contribution in [0.25, 0.3) is 0 Å². The largest absolute Gasteiger partial charge is 0.0625 e. The molecule has 1 fully saturated rings. The third-order valence-corrected chi connectivity index (χ3v) is 3.94. The summed E-state index contributed by atoms with van der Waals surface area (Å²) in [4.78, 5) is 0. The molecule has 0 bridgehead atoms. The summed E-state index contributed by atoms with van der Waals surface area (Å²) < 4.78 is 0. The molecule has 16 heavy (non-hydrogen) atoms. The van der Waals surface area contributed by atoms with E-state index >= 15 is 0 Å². The number of hydrogen-bond donors (Lipinski definition) is 0. The molecular weight excluding hydrogens is 192 g/mol. The molecule has 1 aliphatic carbocycles. The van der Waals surface area contributed by atoms with Crippen LogP contribution in [0, 0.1) is 23.7 Å². The van der Waals surface area contributed by atoms with Crippen molar-refractivity contribution in [3.05, 3.63) is 41.8 Å². The van der Waals surface area contributed by atoms with Crippen molar-refractivity contribution in [1.29, 1.82) is 0 Å². The molecule has 0 amide bonds. The minimum atomic E-state index is 0.780. The molecule has 0 aliphatic heterocycles. The molecule has 0 saturated heterocycles. The van der Waals surface area contributed by atoms with E-state index in [1.54, 1.807) is 5.92 Å². The molecule has 1 saturated carbocycles. The highest BCUT2D eigenvalue weighted by atomic mass is 14.4. The Kier molecular flexibility index (Phi) is 3.68. The quantitative estimate of drug-likeness (QED) is 0.670. The van der Waals surface area contributed by atoms with Gasteiger partial charge < -0.3 is 0 Å². The summed E-state index contributed by atoms with van der Waals surface area (Å²) in [5.74, 6) is 4.15. The van der Waals surface area contributed by atoms with E-state index in [4.69, 9.17) is 0 Å². The minimum Gasteiger partial charge on any atom is -0.0625 e. The Balaban J connectivity index is 2.21. The lowest BCUT2D eigenvalue weighted by Crippen LogP contribution is -2.26. The molecule has 0 heterocycles. The van der Waals surface area contributed by atoms with Crippen molar-refractivity contribution in [1.82, 2.24) is 0 Å². The lowest BCUT2D eigenvalue weighted by Gasteiger charge is -2.37. The SMILES string of the molecule is CC1CCC(C(C)C)[C](c2ccccc2)C1. The van der Waals surface area contributed by atoms with Crippen molar-refractivity contribution in [2.45, 2.75) is 40.0 Å². The van der Waals surface area contributed by atoms with Gasteiger partial charge in [0.25, 0.3) is 0 Å². The van der Waals surface area contributed by atoms with E-state index in [9.17, 15) is 0 Å². The molecule has 1 aromatic carbocycles. The van der Waals surface area contributed by atoms with Crippen molar-refractivity contribution in [2.75, 3.05) is 0 Å². The van der Waals surface area contributed by atoms with Crippen LogP contribution in [0.3, 0.4) is 0 Å². The molecule has 0 N–H and O–H groups in total. The second-order valence-electron chi connectivity index (χ2n) is 5.63. The molecule has 87 valence electrons. The van der Waals surface area contributed by atoms with E-state index in [2.05, 4.69) is 51.1 Å². The van der Waals surface area contributed by atoms with Crippen molar-refractivity contribution >= 4 is 0 Å². The first-order chi connectivity index (χ1) is 7.68. The van der Waals surface area contributed by atoms with Crippen molar-refractivity contribution in [3.63, 3.8) is 0 Å². The molecule has 0 spiro atoms. The summed E-state index contributed by atoms with van der Waals surface area (Å²) in [5, 5.41) is 0. The van der Waals surface area contributed by atoms with Gasteiger partial charge in [0.1, 0.15) is 0 Å². The fourth-order valence-electron chi connectivity index (χ4n) is 2.99. The van der Waals surface area contributed by atoms with Gasteiger partial charge in [-0.25, -0.2) is 0 Å². The topological polar surface area (TPSA) is 0 Å². The number of rotatable bonds is 2. The average Bonchev–Trinajstić information content (AvgIpc) is 2.29. The maximum Gasteiger partial charge on any atom is 0.00858 e. The summed E-state index contributed by atoms with van der Waals surface area (Å²) in [6, 6.07) is 11.0. The van der Waals surface area contributed by atoms with Crippen LogP contribution in [-0.4, -0.2) is 0 Å². The van der Waals surface area contributed by atoms with Crippen LogP contribution in [0.5, 0.6) is 0 Å². The summed E-state index contributed by atoms with van der Waals surface area (Å²) in [7, 11) is 0. The Bertz CT molecular complexity index is 312. The van der Waals surface area contributed by atoms with Gasteiger partial charge in [-0.2, -0.15) is 0 Å². The Morgan fingerprint density at radius 2 is 1.75 bits per heavy atom. The number of benzene rings is 1. The summed E-state index contributed by atoms with van der Waals surface area (Å²) >= 11 is 0. The van der Waals surface area contributed by atoms with E-state index < -0.39 is 0 Å². The first kappa shape index (κ1) is 11.7. The summed E-state index contributed by atoms with van der Waals surface area (Å²) in [6.45, 7) is 7.12. The molecule has 0 nitrogen and oxygen atoms in total. The van der Waals surface area contributed by atoms with Crippen molar-refractivity contribution in [2.24, 2.45) is 17.8 Å². The normalized spacial score (nSPS) is 27.2. The Morgan fingerprint density at radius 3 is 2.38 bits per heavy atom. The Morgan fingerprint density at radius 1 is 1.06 bits per heavy atom. The van der Waals surface area contributed by atoms with E-state index in [1.165, 1.54) is 24.8 Å². The molecular formula is C16H23. The molecule has 2 rings (SSSR count). The van der Waals surface area contributed by atoms with Crippen molar-refractivity contribution in [3.8, 4) is 0 Å². The highest BCUT2D eigenvalue weighted by Gasteiger charge is 2.31. The average molecular weight is 215 g/mol. The fraction of sp³-hybridized carbons (Fsp3) is 0.562. The lowest BCUT2D eigenvalue weighted by molar-refractivity contribution is 0.274. The standard InChI is InChI=1S/C16H23/c1-12(2)15-10-9-13(3)11-16(15)14-7-5-4-6-8-14/h4-8,12-13,15H,9-11H2,1-3H3. The summed E-state index contributed by atoms with van der Waals surface area (Å²) in [6.07, 6.45) is 4.08. The van der Waals surface area contributed by atoms with Gasteiger partial charge in [0.2, 0.25) is 0 Å².